The summed E-state index contributed by atoms with van der Waals surface area (Å²) in [6.07, 6.45) is -3.40. The number of urea groups is 1. The van der Waals surface area contributed by atoms with Crippen LogP contribution in [0.25, 0.3) is 0 Å². The van der Waals surface area contributed by atoms with E-state index in [1.165, 1.54) is 18.3 Å². The molecule has 1 aromatic rings. The highest BCUT2D eigenvalue weighted by molar-refractivity contribution is 5.90. The Bertz CT molecular complexity index is 640. The van der Waals surface area contributed by atoms with E-state index in [2.05, 4.69) is 10.3 Å². The Hall–Kier alpha value is -2.56. The summed E-state index contributed by atoms with van der Waals surface area (Å²) in [6, 6.07) is 1.88. The summed E-state index contributed by atoms with van der Waals surface area (Å²) >= 11 is 0. The second kappa shape index (κ2) is 7.55. The lowest BCUT2D eigenvalue weighted by Gasteiger charge is -2.18. The number of halogens is 3. The Labute approximate surface area is 140 Å². The molecule has 1 fully saturated rings. The molecule has 0 radical (unpaired) electrons. The van der Waals surface area contributed by atoms with Crippen molar-refractivity contribution in [2.24, 2.45) is 11.8 Å². The zero-order valence-corrected chi connectivity index (χ0v) is 12.9. The molecule has 2 amide bonds. The van der Waals surface area contributed by atoms with Gasteiger partial charge in [-0.2, -0.15) is 13.2 Å². The Morgan fingerprint density at radius 1 is 1.40 bits per heavy atom. The molecular weight excluding hydrogens is 347 g/mol. The van der Waals surface area contributed by atoms with Crippen molar-refractivity contribution >= 4 is 17.7 Å². The normalized spacial score (nSPS) is 20.4. The van der Waals surface area contributed by atoms with Gasteiger partial charge in [0.2, 0.25) is 5.88 Å². The van der Waals surface area contributed by atoms with Crippen LogP contribution in [-0.4, -0.2) is 64.6 Å². The molecule has 2 rings (SSSR count). The van der Waals surface area contributed by atoms with Gasteiger partial charge >= 0.3 is 18.2 Å². The van der Waals surface area contributed by atoms with Crippen molar-refractivity contribution in [2.45, 2.75) is 6.18 Å². The number of likely N-dealkylation sites (tertiary alicyclic amines) is 1. The van der Waals surface area contributed by atoms with Gasteiger partial charge in [0, 0.05) is 31.0 Å². The van der Waals surface area contributed by atoms with Gasteiger partial charge in [-0.15, -0.1) is 0 Å². The molecular formula is C14H16F3N3O5. The number of carbonyl (C=O) groups is 2. The van der Waals surface area contributed by atoms with E-state index in [-0.39, 0.29) is 24.8 Å². The van der Waals surface area contributed by atoms with Crippen molar-refractivity contribution in [1.29, 1.82) is 0 Å². The zero-order chi connectivity index (χ0) is 18.6. The summed E-state index contributed by atoms with van der Waals surface area (Å²) in [5.41, 5.74) is 0.218. The molecule has 0 bridgehead atoms. The fourth-order valence-electron chi connectivity index (χ4n) is 2.47. The van der Waals surface area contributed by atoms with Crippen LogP contribution in [0.3, 0.4) is 0 Å². The molecule has 11 heteroatoms. The lowest BCUT2D eigenvalue weighted by molar-refractivity contribution is -0.187. The van der Waals surface area contributed by atoms with Gasteiger partial charge in [0.05, 0.1) is 18.4 Å². The van der Waals surface area contributed by atoms with Gasteiger partial charge in [-0.05, 0) is 6.07 Å². The van der Waals surface area contributed by atoms with Crippen molar-refractivity contribution in [3.8, 4) is 5.88 Å². The maximum atomic E-state index is 12.9. The van der Waals surface area contributed by atoms with E-state index in [4.69, 9.17) is 14.9 Å². The van der Waals surface area contributed by atoms with Crippen LogP contribution in [0.15, 0.2) is 18.3 Å². The van der Waals surface area contributed by atoms with Crippen molar-refractivity contribution in [1.82, 2.24) is 9.88 Å². The van der Waals surface area contributed by atoms with E-state index >= 15 is 0 Å². The van der Waals surface area contributed by atoms with Gasteiger partial charge in [0.15, 0.2) is 0 Å². The number of aliphatic carboxylic acids is 1. The fourth-order valence-corrected chi connectivity index (χ4v) is 2.47. The highest BCUT2D eigenvalue weighted by Crippen LogP contribution is 2.37. The predicted octanol–water partition coefficient (Wildman–Crippen LogP) is 1.18. The van der Waals surface area contributed by atoms with Crippen LogP contribution in [-0.2, 0) is 4.79 Å². The van der Waals surface area contributed by atoms with Crippen molar-refractivity contribution in [2.75, 3.05) is 31.6 Å². The summed E-state index contributed by atoms with van der Waals surface area (Å²) in [5, 5.41) is 20.0. The maximum Gasteiger partial charge on any atom is 0.394 e. The molecule has 25 heavy (non-hydrogen) atoms. The Morgan fingerprint density at radius 2 is 2.12 bits per heavy atom. The van der Waals surface area contributed by atoms with Crippen molar-refractivity contribution < 1.29 is 37.7 Å². The number of nitrogens with zero attached hydrogens (tertiary/aromatic N) is 2. The lowest BCUT2D eigenvalue weighted by Crippen LogP contribution is -2.35. The van der Waals surface area contributed by atoms with Crippen LogP contribution in [0.2, 0.25) is 0 Å². The van der Waals surface area contributed by atoms with Gasteiger partial charge in [0.25, 0.3) is 0 Å². The van der Waals surface area contributed by atoms with Crippen LogP contribution < -0.4 is 10.1 Å². The van der Waals surface area contributed by atoms with Gasteiger partial charge < -0.3 is 25.2 Å². The van der Waals surface area contributed by atoms with Gasteiger partial charge in [-0.3, -0.25) is 4.79 Å². The number of carboxylic acids is 1. The second-order valence-corrected chi connectivity index (χ2v) is 5.38. The number of nitrogens with one attached hydrogen (secondary N) is 1. The minimum absolute atomic E-state index is 0.00984. The zero-order valence-electron chi connectivity index (χ0n) is 12.9. The standard InChI is InChI=1S/C14H16F3N3O5/c15-14(16,17)10-7-20(6-9(10)12(22)23)13(24)19-8-1-2-18-11(5-8)25-4-3-21/h1-2,5,9-10,21H,3-4,6-7H2,(H,22,23)(H,18,19,24)/t9-,10-/m1/s1. The summed E-state index contributed by atoms with van der Waals surface area (Å²) in [7, 11) is 0. The summed E-state index contributed by atoms with van der Waals surface area (Å²) in [4.78, 5) is 27.8. The van der Waals surface area contributed by atoms with Crippen LogP contribution in [0.5, 0.6) is 5.88 Å². The number of amides is 2. The third-order valence-electron chi connectivity index (χ3n) is 3.67. The lowest BCUT2D eigenvalue weighted by atomic mass is 9.96. The van der Waals surface area contributed by atoms with E-state index in [0.29, 0.717) is 0 Å². The number of carboxylic acid groups (broad SMARTS) is 1. The first kappa shape index (κ1) is 18.8. The minimum Gasteiger partial charge on any atom is -0.481 e. The molecule has 0 aliphatic carbocycles. The molecule has 2 heterocycles. The second-order valence-electron chi connectivity index (χ2n) is 5.38. The highest BCUT2D eigenvalue weighted by Gasteiger charge is 2.53. The number of hydrogen-bond acceptors (Lipinski definition) is 5. The first-order valence-electron chi connectivity index (χ1n) is 7.27. The van der Waals surface area contributed by atoms with Crippen molar-refractivity contribution in [3.63, 3.8) is 0 Å². The summed E-state index contributed by atoms with van der Waals surface area (Å²) in [5.74, 6) is -5.30. The monoisotopic (exact) mass is 363 g/mol. The molecule has 138 valence electrons. The highest BCUT2D eigenvalue weighted by atomic mass is 19.4. The minimum atomic E-state index is -4.71. The maximum absolute atomic E-state index is 12.9. The molecule has 0 spiro atoms. The third kappa shape index (κ3) is 4.72. The molecule has 3 N–H and O–H groups in total. The van der Waals surface area contributed by atoms with Gasteiger partial charge in [-0.1, -0.05) is 0 Å². The Kier molecular flexibility index (Phi) is 5.67. The van der Waals surface area contributed by atoms with Crippen molar-refractivity contribution in [3.05, 3.63) is 18.3 Å². The third-order valence-corrected chi connectivity index (χ3v) is 3.67. The Morgan fingerprint density at radius 3 is 2.68 bits per heavy atom. The molecule has 1 saturated heterocycles. The number of aliphatic hydroxyl groups excluding tert-OH is 1. The number of aliphatic hydroxyl groups is 1. The molecule has 0 unspecified atom stereocenters. The number of alkyl halides is 3. The predicted molar refractivity (Wildman–Crippen MR) is 78.1 cm³/mol. The van der Waals surface area contributed by atoms with E-state index in [1.54, 1.807) is 0 Å². The van der Waals surface area contributed by atoms with E-state index in [0.717, 1.165) is 4.90 Å². The average molecular weight is 363 g/mol. The fraction of sp³-hybridized carbons (Fsp3) is 0.500. The number of rotatable bonds is 5. The molecule has 0 aromatic carbocycles. The van der Waals surface area contributed by atoms with Crippen LogP contribution in [0.1, 0.15) is 0 Å². The van der Waals surface area contributed by atoms with E-state index in [1.807, 2.05) is 0 Å². The smallest absolute Gasteiger partial charge is 0.394 e. The largest absolute Gasteiger partial charge is 0.481 e. The number of aromatic nitrogens is 1. The molecule has 1 aromatic heterocycles. The number of pyridine rings is 1. The molecule has 2 atom stereocenters. The number of hydrogen-bond donors (Lipinski definition) is 3. The van der Waals surface area contributed by atoms with Crippen LogP contribution in [0.4, 0.5) is 23.7 Å². The number of anilines is 1. The SMILES string of the molecule is O=C(O)[C@@H]1CN(C(=O)Nc2ccnc(OCCO)c2)C[C@H]1C(F)(F)F. The van der Waals surface area contributed by atoms with E-state index < -0.39 is 43.1 Å². The van der Waals surface area contributed by atoms with Gasteiger partial charge in [0.1, 0.15) is 6.61 Å². The van der Waals surface area contributed by atoms with Gasteiger partial charge in [-0.25, -0.2) is 9.78 Å². The van der Waals surface area contributed by atoms with Crippen LogP contribution >= 0.6 is 0 Å². The molecule has 0 saturated carbocycles. The topological polar surface area (TPSA) is 112 Å². The number of carbonyl (C=O) groups excluding carboxylic acids is 1. The first-order valence-corrected chi connectivity index (χ1v) is 7.27. The summed E-state index contributed by atoms with van der Waals surface area (Å²) < 4.78 is 43.9. The quantitative estimate of drug-likeness (QED) is 0.724. The number of ether oxygens (including phenoxy) is 1. The Balaban J connectivity index is 2.05. The molecule has 8 nitrogen and oxygen atoms in total. The molecule has 1 aliphatic rings. The average Bonchev–Trinajstić information content (AvgIpc) is 2.99. The molecule has 1 aliphatic heterocycles. The van der Waals surface area contributed by atoms with Crippen LogP contribution in [0, 0.1) is 11.8 Å². The summed E-state index contributed by atoms with van der Waals surface area (Å²) in [6.45, 7) is -1.51. The van der Waals surface area contributed by atoms with E-state index in [9.17, 15) is 22.8 Å². The first-order chi connectivity index (χ1) is 11.7.